The minimum atomic E-state index is -0.0637. The Balaban J connectivity index is 2.14. The predicted octanol–water partition coefficient (Wildman–Crippen LogP) is 2.97. The Morgan fingerprint density at radius 2 is 2.25 bits per heavy atom. The van der Waals surface area contributed by atoms with Gasteiger partial charge in [-0.05, 0) is 43.9 Å². The highest BCUT2D eigenvalue weighted by atomic mass is 79.9. The maximum Gasteiger partial charge on any atom is 0.220 e. The summed E-state index contributed by atoms with van der Waals surface area (Å²) < 4.78 is 1.14. The van der Waals surface area contributed by atoms with Crippen molar-refractivity contribution in [3.05, 3.63) is 33.8 Å². The van der Waals surface area contributed by atoms with Crippen LogP contribution in [0.4, 0.5) is 0 Å². The highest BCUT2D eigenvalue weighted by Gasteiger charge is 2.32. The summed E-state index contributed by atoms with van der Waals surface area (Å²) in [6.45, 7) is 4.19. The zero-order valence-corrected chi connectivity index (χ0v) is 11.2. The molecular formula is C13H16BrNO. The summed E-state index contributed by atoms with van der Waals surface area (Å²) in [5.74, 6) is 0.175. The van der Waals surface area contributed by atoms with E-state index >= 15 is 0 Å². The first-order valence-corrected chi connectivity index (χ1v) is 6.34. The van der Waals surface area contributed by atoms with Gasteiger partial charge in [-0.1, -0.05) is 28.1 Å². The summed E-state index contributed by atoms with van der Waals surface area (Å²) in [5.41, 5.74) is 2.44. The van der Waals surface area contributed by atoms with Crippen LogP contribution in [-0.2, 0) is 11.2 Å². The van der Waals surface area contributed by atoms with Crippen molar-refractivity contribution in [3.8, 4) is 0 Å². The first-order valence-electron chi connectivity index (χ1n) is 5.55. The Kier molecular flexibility index (Phi) is 3.06. The second-order valence-corrected chi connectivity index (χ2v) is 5.72. The molecule has 1 aromatic rings. The summed E-state index contributed by atoms with van der Waals surface area (Å²) in [5, 5.41) is 3.06. The van der Waals surface area contributed by atoms with Crippen molar-refractivity contribution in [2.24, 2.45) is 0 Å². The molecular weight excluding hydrogens is 266 g/mol. The normalized spacial score (nSPS) is 24.6. The molecule has 0 saturated carbocycles. The van der Waals surface area contributed by atoms with E-state index in [0.29, 0.717) is 6.42 Å². The van der Waals surface area contributed by atoms with E-state index in [9.17, 15) is 4.79 Å². The van der Waals surface area contributed by atoms with E-state index < -0.39 is 0 Å². The summed E-state index contributed by atoms with van der Waals surface area (Å²) in [4.78, 5) is 11.2. The third-order valence-electron chi connectivity index (χ3n) is 3.18. The third kappa shape index (κ3) is 2.46. The van der Waals surface area contributed by atoms with Crippen LogP contribution < -0.4 is 5.32 Å². The maximum atomic E-state index is 11.2. The quantitative estimate of drug-likeness (QED) is 0.887. The van der Waals surface area contributed by atoms with Crippen LogP contribution in [0, 0.1) is 6.92 Å². The molecule has 1 unspecified atom stereocenters. The van der Waals surface area contributed by atoms with Crippen LogP contribution in [0.5, 0.6) is 0 Å². The molecule has 0 spiro atoms. The van der Waals surface area contributed by atoms with Gasteiger partial charge in [0.1, 0.15) is 0 Å². The number of carbonyl (C=O) groups is 1. The van der Waals surface area contributed by atoms with Gasteiger partial charge in [-0.2, -0.15) is 0 Å². The molecule has 1 aliphatic heterocycles. The predicted molar refractivity (Wildman–Crippen MR) is 68.4 cm³/mol. The van der Waals surface area contributed by atoms with Crippen LogP contribution in [0.25, 0.3) is 0 Å². The topological polar surface area (TPSA) is 29.1 Å². The highest BCUT2D eigenvalue weighted by molar-refractivity contribution is 9.10. The average molecular weight is 282 g/mol. The number of carbonyl (C=O) groups excluding carboxylic acids is 1. The second kappa shape index (κ2) is 4.21. The number of hydrogen-bond acceptors (Lipinski definition) is 1. The first kappa shape index (κ1) is 11.6. The molecule has 2 nitrogen and oxygen atoms in total. The molecule has 2 rings (SSSR count). The number of benzene rings is 1. The van der Waals surface area contributed by atoms with Crippen LogP contribution in [0.1, 0.15) is 30.9 Å². The van der Waals surface area contributed by atoms with E-state index in [1.165, 1.54) is 11.1 Å². The fourth-order valence-corrected chi connectivity index (χ4v) is 2.61. The molecule has 0 bridgehead atoms. The van der Waals surface area contributed by atoms with Gasteiger partial charge in [0.2, 0.25) is 5.91 Å². The van der Waals surface area contributed by atoms with Gasteiger partial charge in [-0.25, -0.2) is 0 Å². The maximum absolute atomic E-state index is 11.2. The molecule has 1 aliphatic rings. The molecule has 3 heteroatoms. The van der Waals surface area contributed by atoms with Crippen LogP contribution in [0.3, 0.4) is 0 Å². The number of hydrogen-bond donors (Lipinski definition) is 1. The summed E-state index contributed by atoms with van der Waals surface area (Å²) in [6, 6.07) is 6.39. The van der Waals surface area contributed by atoms with Crippen LogP contribution >= 0.6 is 15.9 Å². The Morgan fingerprint density at radius 3 is 2.81 bits per heavy atom. The highest BCUT2D eigenvalue weighted by Crippen LogP contribution is 2.26. The van der Waals surface area contributed by atoms with E-state index in [2.05, 4.69) is 53.3 Å². The molecule has 1 heterocycles. The molecule has 1 aromatic carbocycles. The Hall–Kier alpha value is -0.830. The van der Waals surface area contributed by atoms with E-state index in [1.807, 2.05) is 0 Å². The van der Waals surface area contributed by atoms with Gasteiger partial charge in [-0.15, -0.1) is 0 Å². The van der Waals surface area contributed by atoms with Crippen LogP contribution in [0.2, 0.25) is 0 Å². The van der Waals surface area contributed by atoms with E-state index in [1.54, 1.807) is 0 Å². The summed E-state index contributed by atoms with van der Waals surface area (Å²) >= 11 is 3.54. The number of aryl methyl sites for hydroxylation is 1. The molecule has 16 heavy (non-hydrogen) atoms. The number of halogens is 1. The molecule has 0 aromatic heterocycles. The lowest BCUT2D eigenvalue weighted by atomic mass is 9.91. The summed E-state index contributed by atoms with van der Waals surface area (Å²) in [6.07, 6.45) is 2.48. The van der Waals surface area contributed by atoms with Crippen molar-refractivity contribution >= 4 is 21.8 Å². The Labute approximate surface area is 105 Å². The first-order chi connectivity index (χ1) is 7.48. The lowest BCUT2D eigenvalue weighted by molar-refractivity contribution is -0.119. The second-order valence-electron chi connectivity index (χ2n) is 4.87. The van der Waals surface area contributed by atoms with Crippen molar-refractivity contribution in [2.45, 2.75) is 38.6 Å². The minimum absolute atomic E-state index is 0.0637. The molecule has 1 saturated heterocycles. The van der Waals surface area contributed by atoms with Gasteiger partial charge >= 0.3 is 0 Å². The van der Waals surface area contributed by atoms with Gasteiger partial charge in [-0.3, -0.25) is 4.79 Å². The van der Waals surface area contributed by atoms with E-state index in [0.717, 1.165) is 17.3 Å². The molecule has 1 amide bonds. The Bertz CT molecular complexity index is 430. The number of nitrogens with one attached hydrogen (secondary N) is 1. The molecule has 1 fully saturated rings. The van der Waals surface area contributed by atoms with Gasteiger partial charge in [0.25, 0.3) is 0 Å². The van der Waals surface area contributed by atoms with Gasteiger partial charge in [0, 0.05) is 16.4 Å². The fourth-order valence-electron chi connectivity index (χ4n) is 2.18. The van der Waals surface area contributed by atoms with Crippen molar-refractivity contribution < 1.29 is 4.79 Å². The summed E-state index contributed by atoms with van der Waals surface area (Å²) in [7, 11) is 0. The van der Waals surface area contributed by atoms with Gasteiger partial charge < -0.3 is 5.32 Å². The van der Waals surface area contributed by atoms with Crippen molar-refractivity contribution in [1.29, 1.82) is 0 Å². The smallest absolute Gasteiger partial charge is 0.220 e. The van der Waals surface area contributed by atoms with Crippen molar-refractivity contribution in [2.75, 3.05) is 0 Å². The molecule has 86 valence electrons. The zero-order chi connectivity index (χ0) is 11.8. The van der Waals surface area contributed by atoms with Crippen LogP contribution in [0.15, 0.2) is 22.7 Å². The standard InChI is InChI=1S/C13H16BrNO/c1-9-3-4-10(7-11(9)14)8-13(2)6-5-12(16)15-13/h3-4,7H,5-6,8H2,1-2H3,(H,15,16). The van der Waals surface area contributed by atoms with Crippen molar-refractivity contribution in [1.82, 2.24) is 5.32 Å². The number of rotatable bonds is 2. The average Bonchev–Trinajstić information content (AvgIpc) is 2.52. The SMILES string of the molecule is Cc1ccc(CC2(C)CCC(=O)N2)cc1Br. The van der Waals surface area contributed by atoms with E-state index in [-0.39, 0.29) is 11.4 Å². The van der Waals surface area contributed by atoms with E-state index in [4.69, 9.17) is 0 Å². The molecule has 1 atom stereocenters. The van der Waals surface area contributed by atoms with Crippen molar-refractivity contribution in [3.63, 3.8) is 0 Å². The van der Waals surface area contributed by atoms with Gasteiger partial charge in [0.15, 0.2) is 0 Å². The molecule has 1 N–H and O–H groups in total. The molecule has 0 aliphatic carbocycles. The fraction of sp³-hybridized carbons (Fsp3) is 0.462. The molecule has 0 radical (unpaired) electrons. The monoisotopic (exact) mass is 281 g/mol. The number of amides is 1. The van der Waals surface area contributed by atoms with Crippen LogP contribution in [-0.4, -0.2) is 11.4 Å². The third-order valence-corrected chi connectivity index (χ3v) is 4.03. The largest absolute Gasteiger partial charge is 0.351 e. The zero-order valence-electron chi connectivity index (χ0n) is 9.64. The minimum Gasteiger partial charge on any atom is -0.351 e. The Morgan fingerprint density at radius 1 is 1.50 bits per heavy atom. The lowest BCUT2D eigenvalue weighted by Crippen LogP contribution is -2.40. The lowest BCUT2D eigenvalue weighted by Gasteiger charge is -2.24. The van der Waals surface area contributed by atoms with Gasteiger partial charge in [0.05, 0.1) is 0 Å².